The Morgan fingerprint density at radius 3 is 2.74 bits per heavy atom. The van der Waals surface area contributed by atoms with Gasteiger partial charge in [-0.2, -0.15) is 0 Å². The first-order valence-electron chi connectivity index (χ1n) is 5.51. The molecule has 0 aliphatic carbocycles. The predicted molar refractivity (Wildman–Crippen MR) is 63.1 cm³/mol. The lowest BCUT2D eigenvalue weighted by Gasteiger charge is -2.14. The van der Waals surface area contributed by atoms with Crippen molar-refractivity contribution in [2.24, 2.45) is 5.73 Å². The number of alkyl halides is 2. The van der Waals surface area contributed by atoms with Crippen molar-refractivity contribution in [1.82, 2.24) is 9.88 Å². The number of carbonyl (C=O) groups excluding carboxylic acids is 1. The summed E-state index contributed by atoms with van der Waals surface area (Å²) in [5.74, 6) is -4.01. The lowest BCUT2D eigenvalue weighted by atomic mass is 10.3. The molecule has 0 aliphatic rings. The van der Waals surface area contributed by atoms with Crippen molar-refractivity contribution in [2.45, 2.75) is 19.4 Å². The highest BCUT2D eigenvalue weighted by Gasteiger charge is 2.28. The molecule has 9 heteroatoms. The number of nitro groups is 1. The molecule has 1 amide bonds. The normalized spacial score (nSPS) is 11.4. The summed E-state index contributed by atoms with van der Waals surface area (Å²) in [5, 5.41) is 12.6. The van der Waals surface area contributed by atoms with Crippen LogP contribution in [-0.2, 0) is 6.54 Å². The third-order valence-corrected chi connectivity index (χ3v) is 2.47. The van der Waals surface area contributed by atoms with Crippen molar-refractivity contribution in [3.05, 3.63) is 28.1 Å². The number of nitrogens with zero attached hydrogens (tertiary/aromatic N) is 2. The van der Waals surface area contributed by atoms with E-state index in [1.54, 1.807) is 6.92 Å². The fraction of sp³-hybridized carbons (Fsp3) is 0.500. The fourth-order valence-electron chi connectivity index (χ4n) is 1.42. The molecular weight excluding hydrogens is 262 g/mol. The zero-order valence-electron chi connectivity index (χ0n) is 10.2. The minimum Gasteiger partial charge on any atom is -0.345 e. The Hall–Kier alpha value is -2.03. The highest BCUT2D eigenvalue weighted by atomic mass is 19.3. The summed E-state index contributed by atoms with van der Waals surface area (Å²) < 4.78 is 27.1. The maximum atomic E-state index is 12.9. The van der Waals surface area contributed by atoms with Crippen molar-refractivity contribution < 1.29 is 18.5 Å². The first kappa shape index (κ1) is 15.0. The monoisotopic (exact) mass is 276 g/mol. The van der Waals surface area contributed by atoms with Gasteiger partial charge in [-0.05, 0) is 6.92 Å². The predicted octanol–water partition coefficient (Wildman–Crippen LogP) is 0.740. The SMILES string of the molecule is CCn1cc([N+](=O)[O-])cc1C(=O)NCC(F)(F)CN. The quantitative estimate of drug-likeness (QED) is 0.590. The van der Waals surface area contributed by atoms with Gasteiger partial charge in [0.05, 0.1) is 24.2 Å². The van der Waals surface area contributed by atoms with Crippen LogP contribution >= 0.6 is 0 Å². The molecule has 0 saturated heterocycles. The molecule has 0 saturated carbocycles. The zero-order chi connectivity index (χ0) is 14.6. The molecule has 0 atom stereocenters. The number of nitrogens with one attached hydrogen (secondary N) is 1. The van der Waals surface area contributed by atoms with Crippen molar-refractivity contribution in [2.75, 3.05) is 13.1 Å². The molecule has 3 N–H and O–H groups in total. The third kappa shape index (κ3) is 3.71. The largest absolute Gasteiger partial charge is 0.345 e. The second-order valence-electron chi connectivity index (χ2n) is 3.87. The summed E-state index contributed by atoms with van der Waals surface area (Å²) in [4.78, 5) is 21.6. The molecule has 0 spiro atoms. The highest BCUT2D eigenvalue weighted by Crippen LogP contribution is 2.17. The second-order valence-corrected chi connectivity index (χ2v) is 3.87. The van der Waals surface area contributed by atoms with Gasteiger partial charge in [-0.3, -0.25) is 14.9 Å². The van der Waals surface area contributed by atoms with Crippen LogP contribution in [0, 0.1) is 10.1 Å². The lowest BCUT2D eigenvalue weighted by Crippen LogP contribution is -2.41. The van der Waals surface area contributed by atoms with Crippen molar-refractivity contribution in [3.8, 4) is 0 Å². The summed E-state index contributed by atoms with van der Waals surface area (Å²) in [6.45, 7) is 0.187. The van der Waals surface area contributed by atoms with Gasteiger partial charge in [0.25, 0.3) is 17.5 Å². The van der Waals surface area contributed by atoms with Crippen LogP contribution in [0.5, 0.6) is 0 Å². The van der Waals surface area contributed by atoms with Crippen LogP contribution in [0.3, 0.4) is 0 Å². The van der Waals surface area contributed by atoms with E-state index < -0.39 is 29.8 Å². The summed E-state index contributed by atoms with van der Waals surface area (Å²) in [7, 11) is 0. The standard InChI is InChI=1S/C10H14F2N4O3/c1-2-15-4-7(16(18)19)3-8(15)9(17)14-6-10(11,12)5-13/h3-4H,2,5-6,13H2,1H3,(H,14,17). The summed E-state index contributed by atoms with van der Waals surface area (Å²) >= 11 is 0. The number of aromatic nitrogens is 1. The summed E-state index contributed by atoms with van der Waals surface area (Å²) in [6.07, 6.45) is 1.18. The van der Waals surface area contributed by atoms with E-state index in [1.165, 1.54) is 10.8 Å². The molecule has 19 heavy (non-hydrogen) atoms. The van der Waals surface area contributed by atoms with Crippen LogP contribution in [0.4, 0.5) is 14.5 Å². The van der Waals surface area contributed by atoms with Gasteiger partial charge in [-0.1, -0.05) is 0 Å². The van der Waals surface area contributed by atoms with Gasteiger partial charge in [0.2, 0.25) is 0 Å². The fourth-order valence-corrected chi connectivity index (χ4v) is 1.42. The number of hydrogen-bond donors (Lipinski definition) is 2. The van der Waals surface area contributed by atoms with E-state index >= 15 is 0 Å². The number of hydrogen-bond acceptors (Lipinski definition) is 4. The number of rotatable bonds is 6. The average Bonchev–Trinajstić information content (AvgIpc) is 2.80. The molecule has 0 fully saturated rings. The van der Waals surface area contributed by atoms with E-state index in [-0.39, 0.29) is 11.4 Å². The third-order valence-electron chi connectivity index (χ3n) is 2.47. The van der Waals surface area contributed by atoms with Gasteiger partial charge in [0, 0.05) is 12.6 Å². The molecule has 0 unspecified atom stereocenters. The Kier molecular flexibility index (Phi) is 4.54. The number of aryl methyl sites for hydroxylation is 1. The van der Waals surface area contributed by atoms with Crippen molar-refractivity contribution in [1.29, 1.82) is 0 Å². The van der Waals surface area contributed by atoms with Gasteiger partial charge in [0.1, 0.15) is 5.69 Å². The zero-order valence-corrected chi connectivity index (χ0v) is 10.2. The van der Waals surface area contributed by atoms with Crippen LogP contribution in [0.25, 0.3) is 0 Å². The minimum atomic E-state index is -3.20. The van der Waals surface area contributed by atoms with Crippen molar-refractivity contribution >= 4 is 11.6 Å². The van der Waals surface area contributed by atoms with Crippen LogP contribution in [0.1, 0.15) is 17.4 Å². The minimum absolute atomic E-state index is 0.0398. The smallest absolute Gasteiger partial charge is 0.287 e. The van der Waals surface area contributed by atoms with Crippen molar-refractivity contribution in [3.63, 3.8) is 0 Å². The van der Waals surface area contributed by atoms with Gasteiger partial charge in [0.15, 0.2) is 0 Å². The molecule has 0 aromatic carbocycles. The Balaban J connectivity index is 2.84. The molecule has 1 aromatic heterocycles. The first-order valence-corrected chi connectivity index (χ1v) is 5.51. The van der Waals surface area contributed by atoms with E-state index in [1.807, 2.05) is 5.32 Å². The number of amides is 1. The van der Waals surface area contributed by atoms with E-state index in [0.29, 0.717) is 6.54 Å². The molecule has 1 rings (SSSR count). The van der Waals surface area contributed by atoms with Crippen LogP contribution in [0.2, 0.25) is 0 Å². The van der Waals surface area contributed by atoms with Gasteiger partial charge in [-0.15, -0.1) is 0 Å². The molecule has 1 heterocycles. The molecule has 0 bridgehead atoms. The Morgan fingerprint density at radius 2 is 2.26 bits per heavy atom. The average molecular weight is 276 g/mol. The summed E-state index contributed by atoms with van der Waals surface area (Å²) in [6, 6.07) is 1.04. The maximum Gasteiger partial charge on any atom is 0.287 e. The summed E-state index contributed by atoms with van der Waals surface area (Å²) in [5.41, 5.74) is 4.53. The Labute approximate surface area is 107 Å². The molecule has 1 aromatic rings. The topological polar surface area (TPSA) is 103 Å². The van der Waals surface area contributed by atoms with Crippen LogP contribution in [-0.4, -0.2) is 34.4 Å². The molecule has 0 radical (unpaired) electrons. The molecular formula is C10H14F2N4O3. The van der Waals surface area contributed by atoms with E-state index in [4.69, 9.17) is 5.73 Å². The molecule has 7 nitrogen and oxygen atoms in total. The van der Waals surface area contributed by atoms with Gasteiger partial charge < -0.3 is 15.6 Å². The Bertz CT molecular complexity index is 487. The number of halogens is 2. The van der Waals surface area contributed by atoms with E-state index in [2.05, 4.69) is 0 Å². The maximum absolute atomic E-state index is 12.9. The van der Waals surface area contributed by atoms with E-state index in [0.717, 1.165) is 6.07 Å². The van der Waals surface area contributed by atoms with Crippen LogP contribution in [0.15, 0.2) is 12.3 Å². The van der Waals surface area contributed by atoms with E-state index in [9.17, 15) is 23.7 Å². The Morgan fingerprint density at radius 1 is 1.63 bits per heavy atom. The van der Waals surface area contributed by atoms with Crippen LogP contribution < -0.4 is 11.1 Å². The van der Waals surface area contributed by atoms with Gasteiger partial charge in [-0.25, -0.2) is 8.78 Å². The second kappa shape index (κ2) is 5.74. The number of carbonyl (C=O) groups is 1. The first-order chi connectivity index (χ1) is 8.80. The lowest BCUT2D eigenvalue weighted by molar-refractivity contribution is -0.384. The highest BCUT2D eigenvalue weighted by molar-refractivity contribution is 5.93. The van der Waals surface area contributed by atoms with Gasteiger partial charge >= 0.3 is 0 Å². The molecule has 0 aliphatic heterocycles. The molecule has 106 valence electrons. The number of nitrogens with two attached hydrogens (primary N) is 1.